The molecule has 0 fully saturated rings. The van der Waals surface area contributed by atoms with Gasteiger partial charge in [0, 0.05) is 6.42 Å². The summed E-state index contributed by atoms with van der Waals surface area (Å²) in [5, 5.41) is 8.38. The van der Waals surface area contributed by atoms with Gasteiger partial charge in [0.2, 0.25) is 0 Å². The van der Waals surface area contributed by atoms with Crippen LogP contribution in [0, 0.1) is 11.3 Å². The van der Waals surface area contributed by atoms with Gasteiger partial charge in [-0.3, -0.25) is 4.79 Å². The number of Topliss-reactive ketones (excluding diaryl/α,β-unsaturated/α-hetero) is 1. The second kappa shape index (κ2) is 2.98. The second-order valence-electron chi connectivity index (χ2n) is 1.89. The number of carbonyl (C=O) groups excluding carboxylic acids is 1. The Morgan fingerprint density at radius 1 is 1.89 bits per heavy atom. The summed E-state index contributed by atoms with van der Waals surface area (Å²) >= 11 is 3.00. The summed E-state index contributed by atoms with van der Waals surface area (Å²) in [5.41, 5.74) is 0. The average molecular weight is 190 g/mol. The number of ketones is 1. The lowest BCUT2D eigenvalue weighted by atomic mass is 10.1. The standard InChI is InChI=1S/C6H8BrNO/c1-3-5(9)6(2,7)4-8/h3H2,1-2H3. The Bertz CT molecular complexity index is 157. The molecule has 0 radical (unpaired) electrons. The Kier molecular flexibility index (Phi) is 2.86. The van der Waals surface area contributed by atoms with Crippen LogP contribution in [0.2, 0.25) is 0 Å². The van der Waals surface area contributed by atoms with Gasteiger partial charge in [0.1, 0.15) is 0 Å². The van der Waals surface area contributed by atoms with Crippen molar-refractivity contribution in [2.24, 2.45) is 0 Å². The highest BCUT2D eigenvalue weighted by atomic mass is 79.9. The lowest BCUT2D eigenvalue weighted by molar-refractivity contribution is -0.119. The number of nitriles is 1. The zero-order valence-corrected chi connectivity index (χ0v) is 7.03. The Morgan fingerprint density at radius 3 is 2.44 bits per heavy atom. The molecule has 0 aliphatic carbocycles. The third kappa shape index (κ3) is 2.15. The third-order valence-electron chi connectivity index (χ3n) is 1.05. The van der Waals surface area contributed by atoms with Crippen molar-refractivity contribution in [1.29, 1.82) is 5.26 Å². The SMILES string of the molecule is CCC(=O)C(C)(Br)C#N. The first kappa shape index (κ1) is 8.64. The number of hydrogen-bond donors (Lipinski definition) is 0. The molecule has 2 nitrogen and oxygen atoms in total. The van der Waals surface area contributed by atoms with Crippen molar-refractivity contribution in [3.8, 4) is 6.07 Å². The predicted octanol–water partition coefficient (Wildman–Crippen LogP) is 1.64. The number of halogens is 1. The second-order valence-corrected chi connectivity index (χ2v) is 3.48. The van der Waals surface area contributed by atoms with Crippen LogP contribution in [0.4, 0.5) is 0 Å². The Labute approximate surface area is 63.0 Å². The van der Waals surface area contributed by atoms with Crippen LogP contribution in [-0.2, 0) is 4.79 Å². The highest BCUT2D eigenvalue weighted by Gasteiger charge is 2.27. The molecule has 0 saturated heterocycles. The van der Waals surface area contributed by atoms with E-state index in [4.69, 9.17) is 5.26 Å². The molecular weight excluding hydrogens is 182 g/mol. The van der Waals surface area contributed by atoms with E-state index in [1.807, 2.05) is 6.07 Å². The van der Waals surface area contributed by atoms with E-state index in [0.717, 1.165) is 0 Å². The number of rotatable bonds is 2. The molecule has 0 saturated carbocycles. The minimum Gasteiger partial charge on any atom is -0.297 e. The molecule has 3 heteroatoms. The van der Waals surface area contributed by atoms with Crippen molar-refractivity contribution < 1.29 is 4.79 Å². The molecule has 1 atom stereocenters. The molecule has 0 amide bonds. The maximum Gasteiger partial charge on any atom is 0.167 e. The van der Waals surface area contributed by atoms with Crippen LogP contribution in [0.15, 0.2) is 0 Å². The molecule has 0 rings (SSSR count). The van der Waals surface area contributed by atoms with Gasteiger partial charge in [-0.1, -0.05) is 22.9 Å². The van der Waals surface area contributed by atoms with Gasteiger partial charge in [-0.25, -0.2) is 0 Å². The van der Waals surface area contributed by atoms with E-state index < -0.39 is 4.32 Å². The molecule has 0 aromatic carbocycles. The van der Waals surface area contributed by atoms with E-state index in [0.29, 0.717) is 6.42 Å². The van der Waals surface area contributed by atoms with Gasteiger partial charge in [-0.2, -0.15) is 5.26 Å². The van der Waals surface area contributed by atoms with Gasteiger partial charge in [0.25, 0.3) is 0 Å². The molecular formula is C6H8BrNO. The van der Waals surface area contributed by atoms with Crippen LogP contribution in [-0.4, -0.2) is 10.1 Å². The summed E-state index contributed by atoms with van der Waals surface area (Å²) in [6, 6.07) is 1.86. The van der Waals surface area contributed by atoms with Crippen LogP contribution in [0.5, 0.6) is 0 Å². The van der Waals surface area contributed by atoms with Gasteiger partial charge >= 0.3 is 0 Å². The summed E-state index contributed by atoms with van der Waals surface area (Å²) in [5.74, 6) is -0.0787. The molecule has 0 aliphatic rings. The first-order valence-electron chi connectivity index (χ1n) is 2.68. The highest BCUT2D eigenvalue weighted by Crippen LogP contribution is 2.17. The topological polar surface area (TPSA) is 40.9 Å². The predicted molar refractivity (Wildman–Crippen MR) is 38.2 cm³/mol. The van der Waals surface area contributed by atoms with E-state index in [-0.39, 0.29) is 5.78 Å². The fourth-order valence-corrected chi connectivity index (χ4v) is 0.675. The molecule has 50 valence electrons. The number of alkyl halides is 1. The van der Waals surface area contributed by atoms with Crippen molar-refractivity contribution >= 4 is 21.7 Å². The van der Waals surface area contributed by atoms with E-state index in [1.54, 1.807) is 13.8 Å². The normalized spacial score (nSPS) is 15.8. The highest BCUT2D eigenvalue weighted by molar-refractivity contribution is 9.10. The summed E-state index contributed by atoms with van der Waals surface area (Å²) in [6.07, 6.45) is 0.398. The summed E-state index contributed by atoms with van der Waals surface area (Å²) in [7, 11) is 0. The van der Waals surface area contributed by atoms with E-state index >= 15 is 0 Å². The van der Waals surface area contributed by atoms with E-state index in [1.165, 1.54) is 0 Å². The molecule has 0 heterocycles. The summed E-state index contributed by atoms with van der Waals surface area (Å²) < 4.78 is -0.970. The summed E-state index contributed by atoms with van der Waals surface area (Å²) in [6.45, 7) is 3.29. The molecule has 0 spiro atoms. The van der Waals surface area contributed by atoms with Crippen molar-refractivity contribution in [2.75, 3.05) is 0 Å². The zero-order chi connectivity index (χ0) is 7.49. The van der Waals surface area contributed by atoms with Crippen LogP contribution in [0.3, 0.4) is 0 Å². The Morgan fingerprint density at radius 2 is 2.33 bits per heavy atom. The van der Waals surface area contributed by atoms with Gasteiger partial charge in [-0.15, -0.1) is 0 Å². The van der Waals surface area contributed by atoms with Crippen LogP contribution in [0.1, 0.15) is 20.3 Å². The fourth-order valence-electron chi connectivity index (χ4n) is 0.394. The van der Waals surface area contributed by atoms with Crippen molar-refractivity contribution in [2.45, 2.75) is 24.6 Å². The first-order valence-corrected chi connectivity index (χ1v) is 3.47. The third-order valence-corrected chi connectivity index (χ3v) is 1.67. The van der Waals surface area contributed by atoms with Crippen LogP contribution in [0.25, 0.3) is 0 Å². The fraction of sp³-hybridized carbons (Fsp3) is 0.667. The smallest absolute Gasteiger partial charge is 0.167 e. The Balaban J connectivity index is 4.19. The number of carbonyl (C=O) groups is 1. The number of hydrogen-bond acceptors (Lipinski definition) is 2. The van der Waals surface area contributed by atoms with Gasteiger partial charge in [0.05, 0.1) is 6.07 Å². The van der Waals surface area contributed by atoms with E-state index in [9.17, 15) is 4.79 Å². The lowest BCUT2D eigenvalue weighted by Gasteiger charge is -2.07. The van der Waals surface area contributed by atoms with Crippen LogP contribution >= 0.6 is 15.9 Å². The van der Waals surface area contributed by atoms with Crippen molar-refractivity contribution in [1.82, 2.24) is 0 Å². The molecule has 0 aliphatic heterocycles. The zero-order valence-electron chi connectivity index (χ0n) is 5.44. The maximum atomic E-state index is 10.8. The average Bonchev–Trinajstić information content (AvgIpc) is 1.86. The van der Waals surface area contributed by atoms with Crippen molar-refractivity contribution in [3.05, 3.63) is 0 Å². The number of nitrogens with zero attached hydrogens (tertiary/aromatic N) is 1. The molecule has 1 unspecified atom stereocenters. The first-order chi connectivity index (χ1) is 4.04. The maximum absolute atomic E-state index is 10.8. The molecule has 0 N–H and O–H groups in total. The monoisotopic (exact) mass is 189 g/mol. The quantitative estimate of drug-likeness (QED) is 0.621. The van der Waals surface area contributed by atoms with E-state index in [2.05, 4.69) is 15.9 Å². The van der Waals surface area contributed by atoms with Gasteiger partial charge < -0.3 is 0 Å². The minimum atomic E-state index is -0.970. The Hall–Kier alpha value is -0.360. The largest absolute Gasteiger partial charge is 0.297 e. The molecule has 0 bridgehead atoms. The van der Waals surface area contributed by atoms with Crippen LogP contribution < -0.4 is 0 Å². The van der Waals surface area contributed by atoms with Gasteiger partial charge in [0.15, 0.2) is 10.1 Å². The molecule has 9 heavy (non-hydrogen) atoms. The van der Waals surface area contributed by atoms with Crippen molar-refractivity contribution in [3.63, 3.8) is 0 Å². The molecule has 0 aromatic heterocycles. The molecule has 0 aromatic rings. The lowest BCUT2D eigenvalue weighted by Crippen LogP contribution is -2.24. The minimum absolute atomic E-state index is 0.0787. The summed E-state index contributed by atoms with van der Waals surface area (Å²) in [4.78, 5) is 10.8. The van der Waals surface area contributed by atoms with Gasteiger partial charge in [-0.05, 0) is 6.92 Å².